The molecule has 0 aliphatic heterocycles. The molecule has 9 atom stereocenters. The van der Waals surface area contributed by atoms with Gasteiger partial charge in [0, 0.05) is 19.3 Å². The minimum atomic E-state index is -1.68. The standard InChI is InChI=1S/C41H70N14O17S2/c1-19(42)34(64)54-26(18-56)39(69)52-24(11-13-73-3)38(68)55-33(20(2)57)40(70)48-16-31(62)46-15-30(61)47-17-32(63)49-21(5-8-27(43)58)35(65)50-22(6-9-28(44)59)36(66)51-23(7-10-29(45)60)37(67)53-25(41(71)72)12-14-74-4/h19-26,33,56-57H,5-18,42H2,1-4H3,(H2,43,58)(H2,44,59)(H2,45,60)(H,46,62)(H,47,61)(H,48,70)(H,49,63)(H,50,65)(H,51,66)(H,52,69)(H,53,67)(H,54,64)(H,55,68)(H,71,72)/t19-,20+,21-,22-,23-,24-,25-,26-,33-/m0/s1. The summed E-state index contributed by atoms with van der Waals surface area (Å²) >= 11 is 2.61. The molecule has 0 fully saturated rings. The summed E-state index contributed by atoms with van der Waals surface area (Å²) in [5.74, 6) is -13.4. The molecule has 33 heteroatoms. The van der Waals surface area contributed by atoms with Gasteiger partial charge in [0.2, 0.25) is 76.8 Å². The summed E-state index contributed by atoms with van der Waals surface area (Å²) in [4.78, 5) is 176. The lowest BCUT2D eigenvalue weighted by Gasteiger charge is -2.26. The number of aliphatic hydroxyl groups excluding tert-OH is 2. The molecule has 13 amide bonds. The molecule has 31 nitrogen and oxygen atoms in total. The van der Waals surface area contributed by atoms with Crippen LogP contribution >= 0.6 is 23.5 Å². The summed E-state index contributed by atoms with van der Waals surface area (Å²) in [6.45, 7) is -0.759. The largest absolute Gasteiger partial charge is 0.480 e. The first-order chi connectivity index (χ1) is 34.7. The number of nitrogens with two attached hydrogens (primary N) is 4. The van der Waals surface area contributed by atoms with Crippen molar-refractivity contribution in [2.75, 3.05) is 50.3 Å². The number of aliphatic carboxylic acids is 1. The number of nitrogens with one attached hydrogen (secondary N) is 10. The van der Waals surface area contributed by atoms with Crippen LogP contribution in [0.5, 0.6) is 0 Å². The third kappa shape index (κ3) is 28.4. The Bertz CT molecular complexity index is 2000. The van der Waals surface area contributed by atoms with Crippen molar-refractivity contribution in [3.63, 3.8) is 0 Å². The van der Waals surface area contributed by atoms with Crippen molar-refractivity contribution in [3.8, 4) is 0 Å². The predicted octanol–water partition coefficient (Wildman–Crippen LogP) is -9.16. The maximum absolute atomic E-state index is 13.5. The van der Waals surface area contributed by atoms with Gasteiger partial charge >= 0.3 is 5.97 Å². The summed E-state index contributed by atoms with van der Waals surface area (Å²) in [7, 11) is 0. The van der Waals surface area contributed by atoms with E-state index in [1.54, 1.807) is 12.5 Å². The van der Waals surface area contributed by atoms with E-state index in [1.807, 2.05) is 0 Å². The normalized spacial score (nSPS) is 14.4. The summed E-state index contributed by atoms with van der Waals surface area (Å²) in [5, 5.41) is 52.0. The topological polar surface area (TPSA) is 524 Å². The molecular formula is C41H70N14O17S2. The summed E-state index contributed by atoms with van der Waals surface area (Å²) < 4.78 is 0. The molecule has 0 rings (SSSR count). The number of carbonyl (C=O) groups excluding carboxylic acids is 13. The number of carboxylic acid groups (broad SMARTS) is 1. The Morgan fingerprint density at radius 1 is 0.446 bits per heavy atom. The lowest BCUT2D eigenvalue weighted by Crippen LogP contribution is -2.60. The van der Waals surface area contributed by atoms with Crippen LogP contribution in [0.4, 0.5) is 0 Å². The Morgan fingerprint density at radius 2 is 0.784 bits per heavy atom. The Kier molecular flexibility index (Phi) is 32.8. The second-order valence-corrected chi connectivity index (χ2v) is 18.3. The van der Waals surface area contributed by atoms with Crippen LogP contribution in [0.25, 0.3) is 0 Å². The molecule has 0 radical (unpaired) electrons. The number of aliphatic hydroxyl groups is 2. The maximum Gasteiger partial charge on any atom is 0.326 e. The highest BCUT2D eigenvalue weighted by Gasteiger charge is 2.34. The number of amides is 13. The summed E-state index contributed by atoms with van der Waals surface area (Å²) in [6, 6.07) is -11.8. The molecule has 418 valence electrons. The van der Waals surface area contributed by atoms with Crippen LogP contribution < -0.4 is 76.1 Å². The van der Waals surface area contributed by atoms with Gasteiger partial charge in [0.05, 0.1) is 38.4 Å². The molecule has 0 heterocycles. The zero-order valence-corrected chi connectivity index (χ0v) is 42.9. The third-order valence-corrected chi connectivity index (χ3v) is 11.3. The lowest BCUT2D eigenvalue weighted by atomic mass is 10.0. The molecule has 0 unspecified atom stereocenters. The Labute approximate surface area is 433 Å². The van der Waals surface area contributed by atoms with Crippen LogP contribution in [-0.2, 0) is 67.1 Å². The molecule has 0 saturated heterocycles. The highest BCUT2D eigenvalue weighted by Crippen LogP contribution is 2.08. The fraction of sp³-hybridized carbons (Fsp3) is 0.659. The zero-order chi connectivity index (χ0) is 56.7. The first kappa shape index (κ1) is 67.2. The number of carbonyl (C=O) groups is 14. The molecule has 0 aromatic heterocycles. The minimum absolute atomic E-state index is 0.00283. The summed E-state index contributed by atoms with van der Waals surface area (Å²) in [5.41, 5.74) is 21.2. The van der Waals surface area contributed by atoms with Crippen molar-refractivity contribution in [1.82, 2.24) is 53.2 Å². The summed E-state index contributed by atoms with van der Waals surface area (Å²) in [6.07, 6.45) is -0.920. The number of primary amides is 3. The monoisotopic (exact) mass is 1090 g/mol. The highest BCUT2D eigenvalue weighted by molar-refractivity contribution is 7.98. The number of carboxylic acids is 1. The van der Waals surface area contributed by atoms with E-state index in [2.05, 4.69) is 53.2 Å². The first-order valence-corrected chi connectivity index (χ1v) is 25.5. The zero-order valence-electron chi connectivity index (χ0n) is 41.3. The van der Waals surface area contributed by atoms with Crippen LogP contribution in [0.1, 0.15) is 65.2 Å². The molecule has 0 spiro atoms. The Morgan fingerprint density at radius 3 is 1.16 bits per heavy atom. The number of hydrogen-bond acceptors (Lipinski definition) is 19. The van der Waals surface area contributed by atoms with Crippen LogP contribution in [0, 0.1) is 0 Å². The number of hydrogen-bond donors (Lipinski definition) is 17. The van der Waals surface area contributed by atoms with E-state index in [-0.39, 0.29) is 12.8 Å². The molecule has 0 aliphatic rings. The van der Waals surface area contributed by atoms with Gasteiger partial charge in [-0.25, -0.2) is 4.79 Å². The van der Waals surface area contributed by atoms with Gasteiger partial charge in [0.25, 0.3) is 0 Å². The van der Waals surface area contributed by atoms with Crippen molar-refractivity contribution in [1.29, 1.82) is 0 Å². The molecule has 0 aliphatic carbocycles. The van der Waals surface area contributed by atoms with Gasteiger partial charge in [-0.1, -0.05) is 0 Å². The quantitative estimate of drug-likeness (QED) is 0.0273. The van der Waals surface area contributed by atoms with Crippen molar-refractivity contribution in [2.24, 2.45) is 22.9 Å². The van der Waals surface area contributed by atoms with Gasteiger partial charge in [-0.15, -0.1) is 0 Å². The molecule has 0 bridgehead atoms. The minimum Gasteiger partial charge on any atom is -0.480 e. The van der Waals surface area contributed by atoms with Gasteiger partial charge in [0.1, 0.15) is 42.3 Å². The molecule has 0 aromatic rings. The lowest BCUT2D eigenvalue weighted by molar-refractivity contribution is -0.142. The Balaban J connectivity index is 5.74. The number of thioether (sulfide) groups is 2. The van der Waals surface area contributed by atoms with Crippen molar-refractivity contribution in [3.05, 3.63) is 0 Å². The van der Waals surface area contributed by atoms with Crippen LogP contribution in [0.3, 0.4) is 0 Å². The van der Waals surface area contributed by atoms with Crippen molar-refractivity contribution >= 4 is 106 Å². The van der Waals surface area contributed by atoms with E-state index in [4.69, 9.17) is 22.9 Å². The van der Waals surface area contributed by atoms with E-state index in [0.29, 0.717) is 11.5 Å². The van der Waals surface area contributed by atoms with Crippen molar-refractivity contribution < 1.29 is 82.4 Å². The SMILES string of the molecule is CSCC[C@H](NC(=O)[C@H](CCC(N)=O)NC(=O)[C@H](CCC(N)=O)NC(=O)[C@H](CCC(N)=O)NC(=O)CNC(=O)CNC(=O)CNC(=O)[C@@H](NC(=O)[C@H](CCSC)NC(=O)[C@H](CO)NC(=O)[C@H](C)N)[C@@H](C)O)C(=O)O. The average molecular weight is 1100 g/mol. The van der Waals surface area contributed by atoms with E-state index < -0.39 is 202 Å². The third-order valence-electron chi connectivity index (χ3n) is 10.0. The molecular weight excluding hydrogens is 1020 g/mol. The van der Waals surface area contributed by atoms with Crippen LogP contribution in [0.15, 0.2) is 0 Å². The van der Waals surface area contributed by atoms with E-state index in [1.165, 1.54) is 30.4 Å². The fourth-order valence-electron chi connectivity index (χ4n) is 5.91. The van der Waals surface area contributed by atoms with Gasteiger partial charge < -0.3 is 91.4 Å². The molecule has 0 saturated carbocycles. The van der Waals surface area contributed by atoms with E-state index in [9.17, 15) is 82.4 Å². The van der Waals surface area contributed by atoms with E-state index >= 15 is 0 Å². The van der Waals surface area contributed by atoms with Gasteiger partial charge in [-0.2, -0.15) is 23.5 Å². The smallest absolute Gasteiger partial charge is 0.326 e. The second kappa shape index (κ2) is 36.1. The van der Waals surface area contributed by atoms with Gasteiger partial charge in [-0.05, 0) is 70.0 Å². The maximum atomic E-state index is 13.5. The Hall–Kier alpha value is -6.84. The van der Waals surface area contributed by atoms with E-state index in [0.717, 1.165) is 6.92 Å². The molecule has 21 N–H and O–H groups in total. The average Bonchev–Trinajstić information content (AvgIpc) is 3.33. The van der Waals surface area contributed by atoms with Gasteiger partial charge in [0.15, 0.2) is 0 Å². The predicted molar refractivity (Wildman–Crippen MR) is 264 cm³/mol. The molecule has 74 heavy (non-hydrogen) atoms. The second-order valence-electron chi connectivity index (χ2n) is 16.3. The van der Waals surface area contributed by atoms with Gasteiger partial charge in [-0.3, -0.25) is 62.3 Å². The van der Waals surface area contributed by atoms with Crippen LogP contribution in [0.2, 0.25) is 0 Å². The fourth-order valence-corrected chi connectivity index (χ4v) is 6.86. The number of rotatable bonds is 38. The van der Waals surface area contributed by atoms with Crippen molar-refractivity contribution in [2.45, 2.75) is 120 Å². The first-order valence-electron chi connectivity index (χ1n) is 22.7. The molecule has 0 aromatic carbocycles. The highest BCUT2D eigenvalue weighted by atomic mass is 32.2. The van der Waals surface area contributed by atoms with Crippen LogP contribution in [-0.4, -0.2) is 203 Å².